The van der Waals surface area contributed by atoms with Gasteiger partial charge in [0, 0.05) is 0 Å². The molecule has 0 fully saturated rings. The molecule has 18 heavy (non-hydrogen) atoms. The van der Waals surface area contributed by atoms with Gasteiger partial charge in [-0.2, -0.15) is 0 Å². The van der Waals surface area contributed by atoms with Gasteiger partial charge < -0.3 is 0 Å². The van der Waals surface area contributed by atoms with Crippen LogP contribution in [0.4, 0.5) is 0 Å². The van der Waals surface area contributed by atoms with Crippen molar-refractivity contribution in [1.29, 1.82) is 0 Å². The van der Waals surface area contributed by atoms with Gasteiger partial charge in [-0.15, -0.1) is 0 Å². The molecule has 0 bridgehead atoms. The zero-order valence-corrected chi connectivity index (χ0v) is 13.1. The van der Waals surface area contributed by atoms with Gasteiger partial charge in [-0.3, -0.25) is 0 Å². The van der Waals surface area contributed by atoms with Crippen LogP contribution in [0.25, 0.3) is 0 Å². The molecule has 0 heterocycles. The third kappa shape index (κ3) is 9.65. The Morgan fingerprint density at radius 2 is 1.39 bits per heavy atom. The van der Waals surface area contributed by atoms with Crippen LogP contribution in [0.2, 0.25) is 0 Å². The van der Waals surface area contributed by atoms with Crippen molar-refractivity contribution < 1.29 is 0 Å². The van der Waals surface area contributed by atoms with E-state index in [0.717, 1.165) is 16.7 Å². The van der Waals surface area contributed by atoms with Gasteiger partial charge in [0.25, 0.3) is 0 Å². The molecule has 0 unspecified atom stereocenters. The zero-order chi connectivity index (χ0) is 15.0. The molecule has 0 aliphatic heterocycles. The molecule has 0 aliphatic carbocycles. The van der Waals surface area contributed by atoms with Crippen LogP contribution in [0.5, 0.6) is 0 Å². The van der Waals surface area contributed by atoms with E-state index in [9.17, 15) is 0 Å². The van der Waals surface area contributed by atoms with Gasteiger partial charge in [0.1, 0.15) is 0 Å². The zero-order valence-electron chi connectivity index (χ0n) is 13.1. The van der Waals surface area contributed by atoms with E-state index < -0.39 is 0 Å². The van der Waals surface area contributed by atoms with Crippen LogP contribution in [-0.2, 0) is 0 Å². The van der Waals surface area contributed by atoms with Crippen molar-refractivity contribution in [3.8, 4) is 0 Å². The molecule has 0 amide bonds. The molecule has 0 atom stereocenters. The summed E-state index contributed by atoms with van der Waals surface area (Å²) in [7, 11) is 0. The molecule has 0 spiro atoms. The molecule has 0 radical (unpaired) electrons. The lowest BCUT2D eigenvalue weighted by Crippen LogP contribution is -1.86. The molecule has 0 saturated carbocycles. The van der Waals surface area contributed by atoms with E-state index in [4.69, 9.17) is 0 Å². The van der Waals surface area contributed by atoms with Crippen molar-refractivity contribution >= 4 is 0 Å². The molecule has 0 N–H and O–H groups in total. The van der Waals surface area contributed by atoms with Crippen LogP contribution in [0, 0.1) is 0 Å². The van der Waals surface area contributed by atoms with Crippen LogP contribution in [-0.4, -0.2) is 0 Å². The van der Waals surface area contributed by atoms with Crippen LogP contribution in [0.1, 0.15) is 41.5 Å². The van der Waals surface area contributed by atoms with Crippen LogP contribution >= 0.6 is 0 Å². The second-order valence-electron chi connectivity index (χ2n) is 2.86. The van der Waals surface area contributed by atoms with Crippen LogP contribution in [0.3, 0.4) is 0 Å². The maximum absolute atomic E-state index is 3.80. The predicted molar refractivity (Wildman–Crippen MR) is 88.9 cm³/mol. The first-order valence-corrected chi connectivity index (χ1v) is 6.62. The van der Waals surface area contributed by atoms with Gasteiger partial charge in [-0.1, -0.05) is 83.9 Å². The van der Waals surface area contributed by atoms with Gasteiger partial charge in [-0.25, -0.2) is 0 Å². The van der Waals surface area contributed by atoms with E-state index in [0.29, 0.717) is 0 Å². The van der Waals surface area contributed by atoms with Crippen molar-refractivity contribution in [3.63, 3.8) is 0 Å². The standard InChI is InChI=1S/C14H18.2C2H6/c1-6-10-13(11-7-2)14(9-4)12(5)8-3;2*1-2/h6-11H,1,3-4H2,2,5H3;2*1-2H3/b11-7-,13-10+,14-12+;;. The summed E-state index contributed by atoms with van der Waals surface area (Å²) >= 11 is 0. The largest absolute Gasteiger partial charge is 0.0990 e. The summed E-state index contributed by atoms with van der Waals surface area (Å²) in [5, 5.41) is 0. The van der Waals surface area contributed by atoms with E-state index >= 15 is 0 Å². The minimum Gasteiger partial charge on any atom is -0.0990 e. The molecule has 0 nitrogen and oxygen atoms in total. The molecule has 102 valence electrons. The van der Waals surface area contributed by atoms with Gasteiger partial charge in [0.15, 0.2) is 0 Å². The highest BCUT2D eigenvalue weighted by Gasteiger charge is 1.99. The fraction of sp³-hybridized carbons (Fsp3) is 0.333. The van der Waals surface area contributed by atoms with Crippen molar-refractivity contribution in [2.45, 2.75) is 41.5 Å². The van der Waals surface area contributed by atoms with Gasteiger partial charge in [-0.05, 0) is 30.6 Å². The minimum absolute atomic E-state index is 1.10. The first-order chi connectivity index (χ1) is 8.71. The predicted octanol–water partition coefficient (Wildman–Crippen LogP) is 6.42. The maximum atomic E-state index is 3.80. The Bertz CT molecular complexity index is 309. The Morgan fingerprint density at radius 3 is 1.67 bits per heavy atom. The average Bonchev–Trinajstić information content (AvgIpc) is 2.44. The molecule has 0 aliphatic rings. The number of hydrogen-bond acceptors (Lipinski definition) is 0. The summed E-state index contributed by atoms with van der Waals surface area (Å²) in [5.74, 6) is 0. The first-order valence-electron chi connectivity index (χ1n) is 6.62. The smallest absolute Gasteiger partial charge is 0.0161 e. The summed E-state index contributed by atoms with van der Waals surface area (Å²) in [6.07, 6.45) is 11.4. The van der Waals surface area contributed by atoms with E-state index in [2.05, 4.69) is 19.7 Å². The highest BCUT2D eigenvalue weighted by Crippen LogP contribution is 2.18. The second-order valence-corrected chi connectivity index (χ2v) is 2.86. The number of hydrogen-bond donors (Lipinski definition) is 0. The topological polar surface area (TPSA) is 0 Å². The van der Waals surface area contributed by atoms with E-state index in [-0.39, 0.29) is 0 Å². The first kappa shape index (κ1) is 21.7. The third-order valence-electron chi connectivity index (χ3n) is 1.89. The average molecular weight is 246 g/mol. The summed E-state index contributed by atoms with van der Waals surface area (Å²) in [6, 6.07) is 0. The Morgan fingerprint density at radius 1 is 0.889 bits per heavy atom. The molecular formula is C18H30. The second kappa shape index (κ2) is 17.8. The molecule has 0 aromatic carbocycles. The highest BCUT2D eigenvalue weighted by molar-refractivity contribution is 5.51. The normalized spacial score (nSPS) is 11.3. The van der Waals surface area contributed by atoms with Gasteiger partial charge >= 0.3 is 0 Å². The molecule has 0 rings (SSSR count). The number of allylic oxidation sites excluding steroid dienone is 9. The van der Waals surface area contributed by atoms with E-state index in [1.807, 2.05) is 71.9 Å². The maximum Gasteiger partial charge on any atom is -0.0161 e. The summed E-state index contributed by atoms with van der Waals surface area (Å²) in [6.45, 7) is 23.2. The SMILES string of the molecule is C=C/C=C(\C=C/C)C(/C=C)=C(\C)C=C.CC.CC. The Balaban J connectivity index is -0.000000506. The molecule has 0 aromatic heterocycles. The van der Waals surface area contributed by atoms with Gasteiger partial charge in [0.05, 0.1) is 0 Å². The van der Waals surface area contributed by atoms with Gasteiger partial charge in [0.2, 0.25) is 0 Å². The van der Waals surface area contributed by atoms with Crippen molar-refractivity contribution in [1.82, 2.24) is 0 Å². The van der Waals surface area contributed by atoms with Crippen molar-refractivity contribution in [3.05, 3.63) is 72.9 Å². The molecule has 0 aromatic rings. The van der Waals surface area contributed by atoms with Crippen molar-refractivity contribution in [2.24, 2.45) is 0 Å². The minimum atomic E-state index is 1.10. The van der Waals surface area contributed by atoms with Crippen LogP contribution in [0.15, 0.2) is 72.9 Å². The summed E-state index contributed by atoms with van der Waals surface area (Å²) in [4.78, 5) is 0. The lowest BCUT2D eigenvalue weighted by atomic mass is 10.00. The summed E-state index contributed by atoms with van der Waals surface area (Å²) < 4.78 is 0. The fourth-order valence-electron chi connectivity index (χ4n) is 1.16. The lowest BCUT2D eigenvalue weighted by molar-refractivity contribution is 1.40. The quantitative estimate of drug-likeness (QED) is 0.491. The van der Waals surface area contributed by atoms with Crippen LogP contribution < -0.4 is 0 Å². The number of rotatable bonds is 5. The fourth-order valence-corrected chi connectivity index (χ4v) is 1.16. The van der Waals surface area contributed by atoms with Crippen molar-refractivity contribution in [2.75, 3.05) is 0 Å². The van der Waals surface area contributed by atoms with E-state index in [1.165, 1.54) is 0 Å². The third-order valence-corrected chi connectivity index (χ3v) is 1.89. The summed E-state index contributed by atoms with van der Waals surface area (Å²) in [5.41, 5.74) is 3.32. The molecular weight excluding hydrogens is 216 g/mol. The molecule has 0 heteroatoms. The Labute approximate surface area is 115 Å². The molecule has 0 saturated heterocycles. The lowest BCUT2D eigenvalue weighted by Gasteiger charge is -2.05. The Kier molecular flexibility index (Phi) is 21.5. The monoisotopic (exact) mass is 246 g/mol. The van der Waals surface area contributed by atoms with E-state index in [1.54, 1.807) is 6.08 Å². The highest BCUT2D eigenvalue weighted by atomic mass is 14.0. The Hall–Kier alpha value is -1.56.